The van der Waals surface area contributed by atoms with Gasteiger partial charge in [-0.15, -0.1) is 0 Å². The summed E-state index contributed by atoms with van der Waals surface area (Å²) in [5, 5.41) is 2.78. The first kappa shape index (κ1) is 10.3. The van der Waals surface area contributed by atoms with Gasteiger partial charge in [0.1, 0.15) is 0 Å². The molecule has 0 aromatic heterocycles. The predicted octanol–water partition coefficient (Wildman–Crippen LogP) is 0.967. The SMILES string of the molecule is Nc1ccc(Br)cc1N1CCNC(=O)C1. The monoisotopic (exact) mass is 269 g/mol. The van der Waals surface area contributed by atoms with Crippen molar-refractivity contribution in [3.05, 3.63) is 22.7 Å². The average Bonchev–Trinajstić information content (AvgIpc) is 2.22. The Labute approximate surface area is 96.6 Å². The molecule has 0 bridgehead atoms. The molecule has 4 nitrogen and oxygen atoms in total. The zero-order valence-electron chi connectivity index (χ0n) is 8.16. The van der Waals surface area contributed by atoms with Crippen molar-refractivity contribution in [2.45, 2.75) is 0 Å². The van der Waals surface area contributed by atoms with Gasteiger partial charge in [0, 0.05) is 17.6 Å². The van der Waals surface area contributed by atoms with E-state index in [4.69, 9.17) is 5.73 Å². The lowest BCUT2D eigenvalue weighted by Crippen LogP contribution is -2.47. The van der Waals surface area contributed by atoms with Crippen LogP contribution < -0.4 is 16.0 Å². The summed E-state index contributed by atoms with van der Waals surface area (Å²) in [4.78, 5) is 13.2. The van der Waals surface area contributed by atoms with E-state index in [9.17, 15) is 4.79 Å². The van der Waals surface area contributed by atoms with Gasteiger partial charge < -0.3 is 16.0 Å². The Hall–Kier alpha value is -1.23. The number of piperazine rings is 1. The minimum absolute atomic E-state index is 0.0422. The number of hydrogen-bond acceptors (Lipinski definition) is 3. The van der Waals surface area contributed by atoms with Crippen LogP contribution in [0.2, 0.25) is 0 Å². The molecule has 1 aromatic carbocycles. The summed E-state index contributed by atoms with van der Waals surface area (Å²) in [7, 11) is 0. The standard InChI is InChI=1S/C10H12BrN3O/c11-7-1-2-8(12)9(5-7)14-4-3-13-10(15)6-14/h1-2,5H,3-4,6,12H2,(H,13,15). The summed E-state index contributed by atoms with van der Waals surface area (Å²) in [6.45, 7) is 1.85. The average molecular weight is 270 g/mol. The molecule has 2 rings (SSSR count). The molecule has 0 spiro atoms. The number of amides is 1. The number of benzene rings is 1. The number of carbonyl (C=O) groups excluding carboxylic acids is 1. The number of rotatable bonds is 1. The number of anilines is 2. The van der Waals surface area contributed by atoms with Crippen molar-refractivity contribution in [2.75, 3.05) is 30.3 Å². The fourth-order valence-electron chi connectivity index (χ4n) is 1.63. The van der Waals surface area contributed by atoms with Gasteiger partial charge in [0.15, 0.2) is 0 Å². The molecule has 0 unspecified atom stereocenters. The molecule has 1 saturated heterocycles. The van der Waals surface area contributed by atoms with Crippen LogP contribution in [0, 0.1) is 0 Å². The molecule has 15 heavy (non-hydrogen) atoms. The third-order valence-corrected chi connectivity index (χ3v) is 2.86. The predicted molar refractivity (Wildman–Crippen MR) is 63.8 cm³/mol. The van der Waals surface area contributed by atoms with E-state index in [1.165, 1.54) is 0 Å². The molecule has 0 atom stereocenters. The van der Waals surface area contributed by atoms with Crippen molar-refractivity contribution in [3.8, 4) is 0 Å². The minimum Gasteiger partial charge on any atom is -0.397 e. The zero-order chi connectivity index (χ0) is 10.8. The lowest BCUT2D eigenvalue weighted by Gasteiger charge is -2.29. The van der Waals surface area contributed by atoms with Crippen LogP contribution in [0.3, 0.4) is 0 Å². The largest absolute Gasteiger partial charge is 0.397 e. The van der Waals surface area contributed by atoms with Crippen molar-refractivity contribution < 1.29 is 4.79 Å². The molecule has 0 radical (unpaired) electrons. The van der Waals surface area contributed by atoms with E-state index in [1.54, 1.807) is 0 Å². The third-order valence-electron chi connectivity index (χ3n) is 2.37. The number of nitrogen functional groups attached to an aromatic ring is 1. The van der Waals surface area contributed by atoms with E-state index >= 15 is 0 Å². The molecule has 1 heterocycles. The summed E-state index contributed by atoms with van der Waals surface area (Å²) in [6, 6.07) is 5.67. The Morgan fingerprint density at radius 1 is 1.47 bits per heavy atom. The van der Waals surface area contributed by atoms with Gasteiger partial charge in [-0.3, -0.25) is 4.79 Å². The Kier molecular flexibility index (Phi) is 2.81. The molecule has 1 aliphatic heterocycles. The molecular formula is C10H12BrN3O. The zero-order valence-corrected chi connectivity index (χ0v) is 9.75. The maximum atomic E-state index is 11.2. The van der Waals surface area contributed by atoms with E-state index in [1.807, 2.05) is 23.1 Å². The van der Waals surface area contributed by atoms with Crippen LogP contribution >= 0.6 is 15.9 Å². The molecule has 1 aromatic rings. The smallest absolute Gasteiger partial charge is 0.239 e. The summed E-state index contributed by atoms with van der Waals surface area (Å²) in [5.41, 5.74) is 7.49. The lowest BCUT2D eigenvalue weighted by atomic mass is 10.2. The van der Waals surface area contributed by atoms with Crippen molar-refractivity contribution in [3.63, 3.8) is 0 Å². The number of nitrogens with zero attached hydrogens (tertiary/aromatic N) is 1. The third kappa shape index (κ3) is 2.23. The lowest BCUT2D eigenvalue weighted by molar-refractivity contribution is -0.120. The fourth-order valence-corrected chi connectivity index (χ4v) is 1.98. The number of nitrogens with two attached hydrogens (primary N) is 1. The van der Waals surface area contributed by atoms with Crippen molar-refractivity contribution in [1.82, 2.24) is 5.32 Å². The van der Waals surface area contributed by atoms with Gasteiger partial charge >= 0.3 is 0 Å². The molecule has 0 saturated carbocycles. The van der Waals surface area contributed by atoms with Crippen molar-refractivity contribution in [2.24, 2.45) is 0 Å². The maximum Gasteiger partial charge on any atom is 0.239 e. The second-order valence-corrected chi connectivity index (χ2v) is 4.39. The molecule has 1 fully saturated rings. The van der Waals surface area contributed by atoms with Gasteiger partial charge in [0.05, 0.1) is 17.9 Å². The van der Waals surface area contributed by atoms with Crippen LogP contribution in [0.1, 0.15) is 0 Å². The van der Waals surface area contributed by atoms with Crippen molar-refractivity contribution >= 4 is 33.2 Å². The molecular weight excluding hydrogens is 258 g/mol. The second-order valence-electron chi connectivity index (χ2n) is 3.47. The fraction of sp³-hybridized carbons (Fsp3) is 0.300. The Balaban J connectivity index is 2.27. The quantitative estimate of drug-likeness (QED) is 0.747. The van der Waals surface area contributed by atoms with E-state index in [2.05, 4.69) is 21.2 Å². The highest BCUT2D eigenvalue weighted by Gasteiger charge is 2.18. The highest BCUT2D eigenvalue weighted by atomic mass is 79.9. The summed E-state index contributed by atoms with van der Waals surface area (Å²) in [6.07, 6.45) is 0. The van der Waals surface area contributed by atoms with Gasteiger partial charge in [-0.1, -0.05) is 15.9 Å². The summed E-state index contributed by atoms with van der Waals surface area (Å²) < 4.78 is 0.970. The van der Waals surface area contributed by atoms with Gasteiger partial charge in [-0.2, -0.15) is 0 Å². The Bertz CT molecular complexity index is 394. The number of hydrogen-bond donors (Lipinski definition) is 2. The number of halogens is 1. The summed E-state index contributed by atoms with van der Waals surface area (Å²) >= 11 is 3.40. The molecule has 0 aliphatic carbocycles. The van der Waals surface area contributed by atoms with Gasteiger partial charge in [-0.25, -0.2) is 0 Å². The van der Waals surface area contributed by atoms with Gasteiger partial charge in [-0.05, 0) is 18.2 Å². The van der Waals surface area contributed by atoms with Gasteiger partial charge in [0.2, 0.25) is 5.91 Å². The topological polar surface area (TPSA) is 58.4 Å². The minimum atomic E-state index is 0.0422. The molecule has 1 aliphatic rings. The Morgan fingerprint density at radius 3 is 3.00 bits per heavy atom. The van der Waals surface area contributed by atoms with E-state index in [-0.39, 0.29) is 5.91 Å². The normalized spacial score (nSPS) is 16.3. The van der Waals surface area contributed by atoms with Crippen LogP contribution in [-0.4, -0.2) is 25.5 Å². The Morgan fingerprint density at radius 2 is 2.27 bits per heavy atom. The first-order valence-corrected chi connectivity index (χ1v) is 5.53. The van der Waals surface area contributed by atoms with Crippen LogP contribution in [-0.2, 0) is 4.79 Å². The first-order chi connectivity index (χ1) is 7.16. The maximum absolute atomic E-state index is 11.2. The van der Waals surface area contributed by atoms with E-state index in [0.717, 1.165) is 16.7 Å². The molecule has 3 N–H and O–H groups in total. The molecule has 1 amide bonds. The summed E-state index contributed by atoms with van der Waals surface area (Å²) in [5.74, 6) is 0.0422. The molecule has 80 valence electrons. The highest BCUT2D eigenvalue weighted by Crippen LogP contribution is 2.27. The van der Waals surface area contributed by atoms with Crippen molar-refractivity contribution in [1.29, 1.82) is 0 Å². The van der Waals surface area contributed by atoms with E-state index < -0.39 is 0 Å². The second kappa shape index (κ2) is 4.10. The molecule has 5 heteroatoms. The van der Waals surface area contributed by atoms with Crippen LogP contribution in [0.15, 0.2) is 22.7 Å². The van der Waals surface area contributed by atoms with Crippen LogP contribution in [0.25, 0.3) is 0 Å². The highest BCUT2D eigenvalue weighted by molar-refractivity contribution is 9.10. The van der Waals surface area contributed by atoms with Crippen LogP contribution in [0.4, 0.5) is 11.4 Å². The van der Waals surface area contributed by atoms with Crippen LogP contribution in [0.5, 0.6) is 0 Å². The number of nitrogens with one attached hydrogen (secondary N) is 1. The van der Waals surface area contributed by atoms with Gasteiger partial charge in [0.25, 0.3) is 0 Å². The number of carbonyl (C=O) groups is 1. The van der Waals surface area contributed by atoms with E-state index in [0.29, 0.717) is 18.8 Å². The first-order valence-electron chi connectivity index (χ1n) is 4.73.